The Kier molecular flexibility index (Phi) is 6.99. The van der Waals surface area contributed by atoms with Crippen molar-refractivity contribution in [1.29, 1.82) is 0 Å². The van der Waals surface area contributed by atoms with E-state index in [1.807, 2.05) is 0 Å². The minimum Gasteiger partial charge on any atom is -0.480 e. The van der Waals surface area contributed by atoms with Crippen LogP contribution in [0, 0.1) is 0 Å². The van der Waals surface area contributed by atoms with E-state index in [1.54, 1.807) is 6.20 Å². The number of H-pyrrole nitrogens is 1. The van der Waals surface area contributed by atoms with Crippen LogP contribution in [0.2, 0.25) is 0 Å². The number of aliphatic carboxylic acids is 1. The molecular weight excluding hydrogens is 292 g/mol. The van der Waals surface area contributed by atoms with Gasteiger partial charge in [-0.1, -0.05) is 0 Å². The lowest BCUT2D eigenvalue weighted by atomic mass is 10.1. The molecule has 0 aromatic carbocycles. The predicted octanol–water partition coefficient (Wildman–Crippen LogP) is -2.69. The lowest BCUT2D eigenvalue weighted by molar-refractivity contribution is -0.139. The highest BCUT2D eigenvalue weighted by Gasteiger charge is 2.18. The van der Waals surface area contributed by atoms with Gasteiger partial charge in [-0.2, -0.15) is 0 Å². The van der Waals surface area contributed by atoms with Crippen LogP contribution in [-0.2, 0) is 20.8 Å². The first kappa shape index (κ1) is 17.6. The molecule has 0 spiro atoms. The van der Waals surface area contributed by atoms with Crippen LogP contribution in [-0.4, -0.2) is 58.0 Å². The Morgan fingerprint density at radius 2 is 2.09 bits per heavy atom. The highest BCUT2D eigenvalue weighted by Crippen LogP contribution is 1.98. The van der Waals surface area contributed by atoms with Gasteiger partial charge in [0.25, 0.3) is 0 Å². The molecule has 0 aliphatic rings. The number of aromatic amines is 1. The number of hydrogen-bond donors (Lipinski definition) is 6. The summed E-state index contributed by atoms with van der Waals surface area (Å²) in [5.41, 5.74) is 11.1. The normalized spacial score (nSPS) is 13.3. The van der Waals surface area contributed by atoms with E-state index in [9.17, 15) is 14.4 Å². The third-order valence-electron chi connectivity index (χ3n) is 2.85. The zero-order chi connectivity index (χ0) is 16.5. The zero-order valence-corrected chi connectivity index (χ0v) is 11.9. The van der Waals surface area contributed by atoms with Gasteiger partial charge in [0.05, 0.1) is 18.8 Å². The first-order chi connectivity index (χ1) is 10.4. The summed E-state index contributed by atoms with van der Waals surface area (Å²) in [6, 6.07) is -1.81. The molecule has 122 valence electrons. The van der Waals surface area contributed by atoms with Gasteiger partial charge in [0.1, 0.15) is 6.04 Å². The quantitative estimate of drug-likeness (QED) is 0.255. The maximum Gasteiger partial charge on any atom is 0.321 e. The van der Waals surface area contributed by atoms with Crippen molar-refractivity contribution in [3.05, 3.63) is 18.2 Å². The molecule has 0 aliphatic carbocycles. The number of carboxylic acid groups (broad SMARTS) is 1. The summed E-state index contributed by atoms with van der Waals surface area (Å²) in [6.45, 7) is 0.415. The molecule has 1 unspecified atom stereocenters. The van der Waals surface area contributed by atoms with E-state index in [0.29, 0.717) is 5.69 Å². The van der Waals surface area contributed by atoms with Crippen LogP contribution < -0.4 is 22.1 Å². The maximum absolute atomic E-state index is 11.5. The van der Waals surface area contributed by atoms with Gasteiger partial charge < -0.3 is 32.2 Å². The van der Waals surface area contributed by atoms with Crippen LogP contribution in [0.5, 0.6) is 0 Å². The van der Waals surface area contributed by atoms with E-state index in [0.717, 1.165) is 0 Å². The van der Waals surface area contributed by atoms with Crippen molar-refractivity contribution in [2.45, 2.75) is 24.9 Å². The summed E-state index contributed by atoms with van der Waals surface area (Å²) in [4.78, 5) is 39.9. The summed E-state index contributed by atoms with van der Waals surface area (Å²) in [7, 11) is 0. The number of nitrogens with two attached hydrogens (primary N) is 2. The molecule has 0 radical (unpaired) electrons. The number of amides is 2. The van der Waals surface area contributed by atoms with E-state index < -0.39 is 29.9 Å². The van der Waals surface area contributed by atoms with E-state index >= 15 is 0 Å². The highest BCUT2D eigenvalue weighted by molar-refractivity contribution is 5.87. The second kappa shape index (κ2) is 8.74. The van der Waals surface area contributed by atoms with Crippen LogP contribution in [0.4, 0.5) is 0 Å². The first-order valence-corrected chi connectivity index (χ1v) is 6.65. The van der Waals surface area contributed by atoms with Crippen molar-refractivity contribution in [2.75, 3.05) is 13.1 Å². The van der Waals surface area contributed by atoms with Crippen molar-refractivity contribution in [3.63, 3.8) is 0 Å². The lowest BCUT2D eigenvalue weighted by Crippen LogP contribution is -2.47. The number of rotatable bonds is 10. The second-order valence-corrected chi connectivity index (χ2v) is 4.69. The molecule has 22 heavy (non-hydrogen) atoms. The predicted molar refractivity (Wildman–Crippen MR) is 76.5 cm³/mol. The maximum atomic E-state index is 11.5. The number of carbonyl (C=O) groups excluding carboxylic acids is 2. The molecule has 10 heteroatoms. The summed E-state index contributed by atoms with van der Waals surface area (Å²) in [6.07, 6.45) is 3.01. The molecule has 8 N–H and O–H groups in total. The Labute approximate surface area is 126 Å². The first-order valence-electron chi connectivity index (χ1n) is 6.65. The highest BCUT2D eigenvalue weighted by atomic mass is 16.4. The number of nitrogens with zero attached hydrogens (tertiary/aromatic N) is 1. The van der Waals surface area contributed by atoms with Crippen molar-refractivity contribution in [3.8, 4) is 0 Å². The second-order valence-electron chi connectivity index (χ2n) is 4.69. The molecule has 0 saturated carbocycles. The van der Waals surface area contributed by atoms with Crippen LogP contribution in [0.15, 0.2) is 12.5 Å². The Hall–Kier alpha value is -2.46. The molecule has 1 aromatic rings. The number of carboxylic acids is 1. The monoisotopic (exact) mass is 312 g/mol. The fourth-order valence-corrected chi connectivity index (χ4v) is 1.74. The number of imidazole rings is 1. The number of primary amides is 1. The topological polar surface area (TPSA) is 176 Å². The molecule has 1 aromatic heterocycles. The average molecular weight is 312 g/mol. The Morgan fingerprint density at radius 3 is 2.64 bits per heavy atom. The van der Waals surface area contributed by atoms with Gasteiger partial charge in [-0.05, 0) is 0 Å². The van der Waals surface area contributed by atoms with E-state index in [-0.39, 0.29) is 25.9 Å². The molecular formula is C12H20N6O4. The van der Waals surface area contributed by atoms with Crippen LogP contribution >= 0.6 is 0 Å². The summed E-state index contributed by atoms with van der Waals surface area (Å²) < 4.78 is 0. The Morgan fingerprint density at radius 1 is 1.36 bits per heavy atom. The fourth-order valence-electron chi connectivity index (χ4n) is 1.74. The van der Waals surface area contributed by atoms with Gasteiger partial charge in [-0.25, -0.2) is 4.98 Å². The van der Waals surface area contributed by atoms with E-state index in [1.165, 1.54) is 6.33 Å². The van der Waals surface area contributed by atoms with Crippen molar-refractivity contribution >= 4 is 17.8 Å². The standard InChI is InChI=1S/C12H20N6O4/c13-8(4-10(14)19)11(20)17-2-1-16-9(12(21)22)3-7-5-15-6-18-7/h5-6,8-9,16H,1-4,13H2,(H2,14,19)(H,15,18)(H,17,20)(H,21,22)/t8?,9-/m0/s1. The van der Waals surface area contributed by atoms with Crippen molar-refractivity contribution in [2.24, 2.45) is 11.5 Å². The Balaban J connectivity index is 2.30. The molecule has 1 rings (SSSR count). The Bertz CT molecular complexity index is 504. The lowest BCUT2D eigenvalue weighted by Gasteiger charge is -2.15. The summed E-state index contributed by atoms with van der Waals surface area (Å²) in [5.74, 6) is -2.18. The van der Waals surface area contributed by atoms with Gasteiger partial charge in [0.15, 0.2) is 0 Å². The zero-order valence-electron chi connectivity index (χ0n) is 11.9. The van der Waals surface area contributed by atoms with Gasteiger partial charge >= 0.3 is 5.97 Å². The van der Waals surface area contributed by atoms with Crippen LogP contribution in [0.1, 0.15) is 12.1 Å². The van der Waals surface area contributed by atoms with Crippen molar-refractivity contribution in [1.82, 2.24) is 20.6 Å². The molecule has 10 nitrogen and oxygen atoms in total. The van der Waals surface area contributed by atoms with Gasteiger partial charge in [-0.15, -0.1) is 0 Å². The summed E-state index contributed by atoms with van der Waals surface area (Å²) >= 11 is 0. The number of aromatic nitrogens is 2. The molecule has 2 atom stereocenters. The third kappa shape index (κ3) is 6.33. The third-order valence-corrected chi connectivity index (χ3v) is 2.85. The smallest absolute Gasteiger partial charge is 0.321 e. The molecule has 0 aliphatic heterocycles. The number of nitrogens with one attached hydrogen (secondary N) is 3. The van der Waals surface area contributed by atoms with Gasteiger partial charge in [0, 0.05) is 31.4 Å². The number of carbonyl (C=O) groups is 3. The molecule has 0 bridgehead atoms. The van der Waals surface area contributed by atoms with Gasteiger partial charge in [-0.3, -0.25) is 14.4 Å². The minimum atomic E-state index is -1.01. The molecule has 1 heterocycles. The molecule has 2 amide bonds. The molecule has 0 fully saturated rings. The van der Waals surface area contributed by atoms with E-state index in [4.69, 9.17) is 16.6 Å². The number of hydrogen-bond acceptors (Lipinski definition) is 6. The SMILES string of the molecule is NC(=O)CC(N)C(=O)NCCN[C@@H](Cc1cnc[nH]1)C(=O)O. The minimum absolute atomic E-state index is 0.179. The van der Waals surface area contributed by atoms with Crippen molar-refractivity contribution < 1.29 is 19.5 Å². The van der Waals surface area contributed by atoms with E-state index in [2.05, 4.69) is 20.6 Å². The molecule has 0 saturated heterocycles. The van der Waals surface area contributed by atoms with Crippen LogP contribution in [0.25, 0.3) is 0 Å². The average Bonchev–Trinajstić information content (AvgIpc) is 2.93. The fraction of sp³-hybridized carbons (Fsp3) is 0.500. The summed E-state index contributed by atoms with van der Waals surface area (Å²) in [5, 5.41) is 14.4. The van der Waals surface area contributed by atoms with Gasteiger partial charge in [0.2, 0.25) is 11.8 Å². The largest absolute Gasteiger partial charge is 0.480 e. The van der Waals surface area contributed by atoms with Crippen LogP contribution in [0.3, 0.4) is 0 Å².